The van der Waals surface area contributed by atoms with Crippen LogP contribution < -0.4 is 20.9 Å². The van der Waals surface area contributed by atoms with E-state index in [1.807, 2.05) is 0 Å². The van der Waals surface area contributed by atoms with Crippen LogP contribution in [0, 0.1) is 3.57 Å². The van der Waals surface area contributed by atoms with Crippen LogP contribution in [0.25, 0.3) is 0 Å². The summed E-state index contributed by atoms with van der Waals surface area (Å²) < 4.78 is 36.7. The fourth-order valence-electron chi connectivity index (χ4n) is 3.52. The molecule has 2 heterocycles. The number of carbonyl (C=O) groups excluding carboxylic acids is 1. The molecule has 204 valence electrons. The van der Waals surface area contributed by atoms with Crippen molar-refractivity contribution < 1.29 is 38.1 Å². The number of carbonyl (C=O) groups is 1. The minimum absolute atomic E-state index is 0.151. The van der Waals surface area contributed by atoms with Crippen LogP contribution >= 0.6 is 30.3 Å². The first kappa shape index (κ1) is 29.5. The summed E-state index contributed by atoms with van der Waals surface area (Å²) in [5.74, 6) is -0.516. The highest BCUT2D eigenvalue weighted by Crippen LogP contribution is 2.46. The van der Waals surface area contributed by atoms with Crippen molar-refractivity contribution in [2.45, 2.75) is 63.9 Å². The molecule has 0 radical (unpaired) electrons. The Hall–Kier alpha value is -2.07. The van der Waals surface area contributed by atoms with Crippen LogP contribution in [0.2, 0.25) is 0 Å². The zero-order valence-corrected chi connectivity index (χ0v) is 23.5. The third-order valence-corrected chi connectivity index (χ3v) is 7.78. The number of esters is 1. The van der Waals surface area contributed by atoms with Gasteiger partial charge in [-0.15, -0.1) is 0 Å². The van der Waals surface area contributed by atoms with Gasteiger partial charge in [0.15, 0.2) is 6.23 Å². The average molecular weight is 653 g/mol. The number of nitrogens with zero attached hydrogens (tertiary/aromatic N) is 1. The average Bonchev–Trinajstić information content (AvgIpc) is 3.03. The summed E-state index contributed by atoms with van der Waals surface area (Å²) in [4.78, 5) is 38.5. The van der Waals surface area contributed by atoms with Crippen LogP contribution in [0.4, 0.5) is 0 Å². The SMILES string of the molecule is CC(C)OC(=O)[C@@H](C)N[P@@](=O)(OC[C@H]1O[C@@H](n2cc(I)c(=O)[nH]c2=O)[C@](C)(O)[C@@H]1O)Oc1ccccc1. The quantitative estimate of drug-likeness (QED) is 0.165. The Morgan fingerprint density at radius 3 is 2.57 bits per heavy atom. The maximum atomic E-state index is 13.6. The molecular formula is C22H29IN3O10P. The Morgan fingerprint density at radius 1 is 1.30 bits per heavy atom. The number of aliphatic hydroxyl groups is 2. The molecule has 1 aliphatic rings. The van der Waals surface area contributed by atoms with Crippen molar-refractivity contribution in [3.63, 3.8) is 0 Å². The second kappa shape index (κ2) is 11.8. The summed E-state index contributed by atoms with van der Waals surface area (Å²) in [6, 6.07) is 6.97. The van der Waals surface area contributed by atoms with Gasteiger partial charge in [-0.1, -0.05) is 18.2 Å². The molecule has 6 atom stereocenters. The van der Waals surface area contributed by atoms with Gasteiger partial charge in [0.2, 0.25) is 0 Å². The van der Waals surface area contributed by atoms with Crippen LogP contribution in [-0.4, -0.2) is 62.3 Å². The lowest BCUT2D eigenvalue weighted by molar-refractivity contribution is -0.149. The highest BCUT2D eigenvalue weighted by atomic mass is 127. The van der Waals surface area contributed by atoms with E-state index in [1.165, 1.54) is 32.2 Å². The van der Waals surface area contributed by atoms with Gasteiger partial charge in [0.1, 0.15) is 29.6 Å². The Labute approximate surface area is 225 Å². The number of nitrogens with one attached hydrogen (secondary N) is 2. The van der Waals surface area contributed by atoms with Gasteiger partial charge < -0.3 is 24.2 Å². The van der Waals surface area contributed by atoms with Gasteiger partial charge >= 0.3 is 19.4 Å². The third-order valence-electron chi connectivity index (χ3n) is 5.37. The molecule has 1 aromatic heterocycles. The first-order valence-electron chi connectivity index (χ1n) is 11.3. The Balaban J connectivity index is 1.82. The molecule has 15 heteroatoms. The van der Waals surface area contributed by atoms with Crippen LogP contribution in [0.3, 0.4) is 0 Å². The number of aromatic amines is 1. The summed E-state index contributed by atoms with van der Waals surface area (Å²) in [6.07, 6.45) is -3.50. The van der Waals surface area contributed by atoms with Crippen LogP contribution in [0.5, 0.6) is 5.75 Å². The highest BCUT2D eigenvalue weighted by Gasteiger charge is 2.54. The van der Waals surface area contributed by atoms with E-state index in [0.717, 1.165) is 4.57 Å². The molecule has 4 N–H and O–H groups in total. The van der Waals surface area contributed by atoms with E-state index >= 15 is 0 Å². The van der Waals surface area contributed by atoms with E-state index < -0.39 is 67.8 Å². The predicted octanol–water partition coefficient (Wildman–Crippen LogP) is 1.28. The van der Waals surface area contributed by atoms with E-state index in [4.69, 9.17) is 18.5 Å². The van der Waals surface area contributed by atoms with Gasteiger partial charge in [0.25, 0.3) is 5.56 Å². The van der Waals surface area contributed by atoms with Crippen LogP contribution in [0.15, 0.2) is 46.1 Å². The topological polar surface area (TPSA) is 178 Å². The molecule has 0 unspecified atom stereocenters. The number of hydrogen-bond donors (Lipinski definition) is 4. The lowest BCUT2D eigenvalue weighted by atomic mass is 9.96. The van der Waals surface area contributed by atoms with Crippen molar-refractivity contribution in [1.29, 1.82) is 0 Å². The fraction of sp³-hybridized carbons (Fsp3) is 0.500. The number of aromatic nitrogens is 2. The van der Waals surface area contributed by atoms with E-state index in [-0.39, 0.29) is 9.32 Å². The predicted molar refractivity (Wildman–Crippen MR) is 139 cm³/mol. The third kappa shape index (κ3) is 7.07. The molecule has 0 spiro atoms. The number of hydrogen-bond acceptors (Lipinski definition) is 10. The maximum absolute atomic E-state index is 13.6. The molecule has 37 heavy (non-hydrogen) atoms. The number of halogens is 1. The summed E-state index contributed by atoms with van der Waals surface area (Å²) in [7, 11) is -4.27. The van der Waals surface area contributed by atoms with E-state index in [1.54, 1.807) is 54.6 Å². The second-order valence-electron chi connectivity index (χ2n) is 8.88. The normalized spacial score (nSPS) is 26.0. The number of rotatable bonds is 10. The van der Waals surface area contributed by atoms with Crippen molar-refractivity contribution in [3.8, 4) is 5.75 Å². The molecule has 3 rings (SSSR count). The number of benzene rings is 1. The molecule has 0 bridgehead atoms. The lowest BCUT2D eigenvalue weighted by Crippen LogP contribution is -2.47. The van der Waals surface area contributed by atoms with E-state index in [9.17, 15) is 29.2 Å². The molecule has 1 fully saturated rings. The van der Waals surface area contributed by atoms with Crippen molar-refractivity contribution in [2.75, 3.05) is 6.61 Å². The maximum Gasteiger partial charge on any atom is 0.459 e. The Kier molecular flexibility index (Phi) is 9.37. The summed E-state index contributed by atoms with van der Waals surface area (Å²) >= 11 is 1.71. The van der Waals surface area contributed by atoms with Gasteiger partial charge in [0, 0.05) is 6.20 Å². The molecule has 1 saturated heterocycles. The molecule has 2 aromatic rings. The zero-order chi connectivity index (χ0) is 27.5. The molecule has 1 aromatic carbocycles. The number of para-hydroxylation sites is 1. The molecule has 0 amide bonds. The number of ether oxygens (including phenoxy) is 2. The fourth-order valence-corrected chi connectivity index (χ4v) is 5.46. The molecule has 13 nitrogen and oxygen atoms in total. The smallest absolute Gasteiger partial charge is 0.459 e. The minimum Gasteiger partial charge on any atom is -0.462 e. The van der Waals surface area contributed by atoms with Crippen LogP contribution in [0.1, 0.15) is 33.9 Å². The van der Waals surface area contributed by atoms with Gasteiger partial charge in [0.05, 0.1) is 16.3 Å². The van der Waals surface area contributed by atoms with E-state index in [0.29, 0.717) is 0 Å². The zero-order valence-electron chi connectivity index (χ0n) is 20.5. The van der Waals surface area contributed by atoms with Crippen molar-refractivity contribution >= 4 is 36.3 Å². The summed E-state index contributed by atoms with van der Waals surface area (Å²) in [5, 5.41) is 24.2. The number of H-pyrrole nitrogens is 1. The molecule has 0 saturated carbocycles. The van der Waals surface area contributed by atoms with Crippen molar-refractivity contribution in [3.05, 3.63) is 60.9 Å². The molecular weight excluding hydrogens is 624 g/mol. The standard InChI is InChI=1S/C22H29IN3O10P/c1-12(2)34-19(29)13(3)25-37(32,36-14-8-6-5-7-9-14)33-11-16-17(27)22(4,31)20(35-16)26-10-15(23)18(28)24-21(26)30/h5-10,12-13,16-17,20,27,31H,11H2,1-4H3,(H,25,32)(H,24,28,30)/t13-,16-,17-,20-,22-,37-/m1/s1. The van der Waals surface area contributed by atoms with Gasteiger partial charge in [-0.25, -0.2) is 9.36 Å². The first-order chi connectivity index (χ1) is 17.2. The minimum atomic E-state index is -4.27. The lowest BCUT2D eigenvalue weighted by Gasteiger charge is -2.27. The molecule has 1 aliphatic heterocycles. The van der Waals surface area contributed by atoms with Gasteiger partial charge in [-0.3, -0.25) is 23.7 Å². The highest BCUT2D eigenvalue weighted by molar-refractivity contribution is 14.1. The second-order valence-corrected chi connectivity index (χ2v) is 11.7. The van der Waals surface area contributed by atoms with Crippen LogP contribution in [-0.2, 0) is 23.4 Å². The van der Waals surface area contributed by atoms with Gasteiger partial charge in [-0.2, -0.15) is 5.09 Å². The number of aliphatic hydroxyl groups excluding tert-OH is 1. The molecule has 0 aliphatic carbocycles. The first-order valence-corrected chi connectivity index (χ1v) is 13.9. The monoisotopic (exact) mass is 653 g/mol. The largest absolute Gasteiger partial charge is 0.462 e. The summed E-state index contributed by atoms with van der Waals surface area (Å²) in [6.45, 7) is 5.43. The van der Waals surface area contributed by atoms with Crippen molar-refractivity contribution in [1.82, 2.24) is 14.6 Å². The van der Waals surface area contributed by atoms with Crippen molar-refractivity contribution in [2.24, 2.45) is 0 Å². The van der Waals surface area contributed by atoms with Gasteiger partial charge in [-0.05, 0) is 62.4 Å². The Morgan fingerprint density at radius 2 is 1.95 bits per heavy atom. The van der Waals surface area contributed by atoms with E-state index in [2.05, 4.69) is 10.1 Å². The Bertz CT molecular complexity index is 1270. The summed E-state index contributed by atoms with van der Waals surface area (Å²) in [5.41, 5.74) is -3.47.